The number of nitrogens with two attached hydrogens (primary N) is 1. The largest absolute Gasteiger partial charge is 0.376 e. The highest BCUT2D eigenvalue weighted by atomic mass is 35.5. The Morgan fingerprint density at radius 2 is 1.89 bits per heavy atom. The summed E-state index contributed by atoms with van der Waals surface area (Å²) in [5.41, 5.74) is 7.79. The molecule has 0 bridgehead atoms. The first-order valence-electron chi connectivity index (χ1n) is 8.64. The number of fused-ring (bicyclic) bond motifs is 3. The van der Waals surface area contributed by atoms with Crippen molar-refractivity contribution in [2.75, 3.05) is 5.32 Å². The Balaban J connectivity index is 1.99. The van der Waals surface area contributed by atoms with E-state index < -0.39 is 23.7 Å². The Hall–Kier alpha value is -2.96. The molecule has 0 aromatic heterocycles. The van der Waals surface area contributed by atoms with Gasteiger partial charge in [-0.05, 0) is 52.3 Å². The van der Waals surface area contributed by atoms with E-state index >= 15 is 0 Å². The first-order valence-corrected chi connectivity index (χ1v) is 9.42. The number of hydrogen-bond acceptors (Lipinski definition) is 3. The molecule has 3 aromatic rings. The van der Waals surface area contributed by atoms with Gasteiger partial charge in [0.25, 0.3) is 0 Å². The van der Waals surface area contributed by atoms with Crippen molar-refractivity contribution >= 4 is 57.2 Å². The molecule has 2 atom stereocenters. The van der Waals surface area contributed by atoms with Crippen molar-refractivity contribution in [2.45, 2.75) is 5.92 Å². The van der Waals surface area contributed by atoms with Crippen molar-refractivity contribution in [3.8, 4) is 0 Å². The second-order valence-corrected chi connectivity index (χ2v) is 7.48. The van der Waals surface area contributed by atoms with Crippen LogP contribution in [0.25, 0.3) is 10.8 Å². The van der Waals surface area contributed by atoms with E-state index in [2.05, 4.69) is 10.6 Å². The quantitative estimate of drug-likeness (QED) is 0.446. The molecular weight excluding hydrogens is 394 g/mol. The molecule has 3 aromatic carbocycles. The van der Waals surface area contributed by atoms with Gasteiger partial charge in [-0.2, -0.15) is 0 Å². The van der Waals surface area contributed by atoms with Crippen LogP contribution in [-0.4, -0.2) is 16.9 Å². The number of hydrogen-bond donors (Lipinski definition) is 3. The number of amides is 2. The highest BCUT2D eigenvalue weighted by Crippen LogP contribution is 2.44. The number of carbonyl (C=O) groups excluding carboxylic acids is 2. The summed E-state index contributed by atoms with van der Waals surface area (Å²) in [6, 6.07) is 18.8. The number of carbonyl (C=O) groups is 2. The molecule has 0 fully saturated rings. The van der Waals surface area contributed by atoms with Gasteiger partial charge in [0.15, 0.2) is 5.11 Å². The summed E-state index contributed by atoms with van der Waals surface area (Å²) in [4.78, 5) is 25.8. The zero-order chi connectivity index (χ0) is 19.8. The second kappa shape index (κ2) is 7.22. The fraction of sp³-hybridized carbons (Fsp3) is 0.0952. The topological polar surface area (TPSA) is 84.2 Å². The fourth-order valence-electron chi connectivity index (χ4n) is 3.80. The molecule has 2 amide bonds. The zero-order valence-corrected chi connectivity index (χ0v) is 16.2. The van der Waals surface area contributed by atoms with Gasteiger partial charge < -0.3 is 16.4 Å². The predicted octanol–water partition coefficient (Wildman–Crippen LogP) is 3.55. The highest BCUT2D eigenvalue weighted by molar-refractivity contribution is 7.80. The summed E-state index contributed by atoms with van der Waals surface area (Å²) in [7, 11) is 0. The molecule has 0 aliphatic carbocycles. The van der Waals surface area contributed by atoms with Crippen LogP contribution in [0, 0.1) is 5.92 Å². The first-order chi connectivity index (χ1) is 13.5. The minimum Gasteiger partial charge on any atom is -0.376 e. The Labute approximate surface area is 171 Å². The summed E-state index contributed by atoms with van der Waals surface area (Å²) in [6.45, 7) is 0. The lowest BCUT2D eigenvalue weighted by atomic mass is 9.75. The smallest absolute Gasteiger partial charge is 0.239 e. The zero-order valence-electron chi connectivity index (χ0n) is 14.6. The number of rotatable bonds is 2. The molecule has 1 aliphatic heterocycles. The molecule has 0 spiro atoms. The van der Waals surface area contributed by atoms with E-state index in [4.69, 9.17) is 29.6 Å². The third-order valence-corrected chi connectivity index (χ3v) is 5.23. The van der Waals surface area contributed by atoms with Crippen LogP contribution >= 0.6 is 23.8 Å². The Bertz CT molecular complexity index is 1130. The van der Waals surface area contributed by atoms with Crippen molar-refractivity contribution in [3.63, 3.8) is 0 Å². The minimum absolute atomic E-state index is 0.175. The molecule has 0 radical (unpaired) electrons. The summed E-state index contributed by atoms with van der Waals surface area (Å²) in [6.07, 6.45) is 0. The van der Waals surface area contributed by atoms with E-state index in [1.165, 1.54) is 0 Å². The molecule has 7 heteroatoms. The van der Waals surface area contributed by atoms with Gasteiger partial charge in [0.1, 0.15) is 5.92 Å². The highest BCUT2D eigenvalue weighted by Gasteiger charge is 2.42. The third kappa shape index (κ3) is 3.21. The molecule has 140 valence electrons. The van der Waals surface area contributed by atoms with Gasteiger partial charge in [-0.1, -0.05) is 54.1 Å². The van der Waals surface area contributed by atoms with Crippen LogP contribution in [0.4, 0.5) is 5.69 Å². The summed E-state index contributed by atoms with van der Waals surface area (Å²) in [5.74, 6) is -2.55. The summed E-state index contributed by atoms with van der Waals surface area (Å²) in [5, 5.41) is 7.59. The Morgan fingerprint density at radius 3 is 2.64 bits per heavy atom. The van der Waals surface area contributed by atoms with Gasteiger partial charge in [-0.3, -0.25) is 9.59 Å². The van der Waals surface area contributed by atoms with Gasteiger partial charge in [-0.25, -0.2) is 0 Å². The first kappa shape index (κ1) is 18.4. The van der Waals surface area contributed by atoms with Crippen molar-refractivity contribution in [3.05, 3.63) is 76.8 Å². The number of thiocarbonyl (C=S) groups is 1. The number of nitrogens with one attached hydrogen (secondary N) is 2. The lowest BCUT2D eigenvalue weighted by Crippen LogP contribution is -2.47. The van der Waals surface area contributed by atoms with Crippen LogP contribution < -0.4 is 16.4 Å². The van der Waals surface area contributed by atoms with Crippen LogP contribution in [0.1, 0.15) is 17.0 Å². The minimum atomic E-state index is -1.04. The van der Waals surface area contributed by atoms with Crippen LogP contribution in [0.2, 0.25) is 5.02 Å². The van der Waals surface area contributed by atoms with E-state index in [1.54, 1.807) is 18.2 Å². The van der Waals surface area contributed by atoms with Crippen molar-refractivity contribution in [1.82, 2.24) is 5.32 Å². The normalized spacial score (nSPS) is 18.2. The molecule has 1 aliphatic rings. The molecule has 5 nitrogen and oxygen atoms in total. The van der Waals surface area contributed by atoms with Crippen molar-refractivity contribution in [2.24, 2.45) is 11.7 Å². The molecule has 0 saturated carbocycles. The van der Waals surface area contributed by atoms with Crippen LogP contribution in [0.3, 0.4) is 0 Å². The van der Waals surface area contributed by atoms with E-state index in [-0.39, 0.29) is 5.11 Å². The van der Waals surface area contributed by atoms with E-state index in [0.717, 1.165) is 21.9 Å². The van der Waals surface area contributed by atoms with Gasteiger partial charge >= 0.3 is 0 Å². The number of halogens is 1. The standard InChI is InChI=1S/C21H16ClN3O2S/c22-13-6-3-5-12(10-13)16-17-14-7-2-1-4-11(14)8-9-15(17)24-19(26)18(16)20(27)25-21(23)28/h1-10,16,18H,(H,24,26)(H3,23,25,27,28). The lowest BCUT2D eigenvalue weighted by Gasteiger charge is -2.33. The maximum atomic E-state index is 12.9. The molecule has 2 unspecified atom stereocenters. The summed E-state index contributed by atoms with van der Waals surface area (Å²) < 4.78 is 0. The van der Waals surface area contributed by atoms with Crippen LogP contribution in [-0.2, 0) is 9.59 Å². The Morgan fingerprint density at radius 1 is 1.11 bits per heavy atom. The molecule has 28 heavy (non-hydrogen) atoms. The summed E-state index contributed by atoms with van der Waals surface area (Å²) >= 11 is 11.0. The predicted molar refractivity (Wildman–Crippen MR) is 114 cm³/mol. The van der Waals surface area contributed by atoms with Crippen molar-refractivity contribution < 1.29 is 9.59 Å². The molecule has 1 heterocycles. The fourth-order valence-corrected chi connectivity index (χ4v) is 4.10. The van der Waals surface area contributed by atoms with Gasteiger partial charge in [0, 0.05) is 16.6 Å². The molecular formula is C21H16ClN3O2S. The SMILES string of the molecule is NC(=S)NC(=O)C1C(=O)Nc2ccc3ccccc3c2C1c1cccc(Cl)c1. The van der Waals surface area contributed by atoms with Gasteiger partial charge in [-0.15, -0.1) is 0 Å². The maximum Gasteiger partial charge on any atom is 0.239 e. The number of benzene rings is 3. The van der Waals surface area contributed by atoms with Crippen LogP contribution in [0.5, 0.6) is 0 Å². The second-order valence-electron chi connectivity index (χ2n) is 6.60. The lowest BCUT2D eigenvalue weighted by molar-refractivity contribution is -0.132. The molecule has 4 rings (SSSR count). The van der Waals surface area contributed by atoms with Gasteiger partial charge in [0.2, 0.25) is 11.8 Å². The molecule has 0 saturated heterocycles. The maximum absolute atomic E-state index is 12.9. The third-order valence-electron chi connectivity index (χ3n) is 4.89. The van der Waals surface area contributed by atoms with E-state index in [9.17, 15) is 9.59 Å². The number of anilines is 1. The van der Waals surface area contributed by atoms with Gasteiger partial charge in [0.05, 0.1) is 0 Å². The monoisotopic (exact) mass is 409 g/mol. The average molecular weight is 410 g/mol. The van der Waals surface area contributed by atoms with E-state index in [1.807, 2.05) is 42.5 Å². The molecule has 4 N–H and O–H groups in total. The van der Waals surface area contributed by atoms with Crippen molar-refractivity contribution in [1.29, 1.82) is 0 Å². The van der Waals surface area contributed by atoms with Crippen LogP contribution in [0.15, 0.2) is 60.7 Å². The Kier molecular flexibility index (Phi) is 4.75. The average Bonchev–Trinajstić information content (AvgIpc) is 2.66. The van der Waals surface area contributed by atoms with E-state index in [0.29, 0.717) is 10.7 Å².